The van der Waals surface area contributed by atoms with Crippen LogP contribution in [0.3, 0.4) is 0 Å². The van der Waals surface area contributed by atoms with E-state index in [1.807, 2.05) is 12.1 Å². The first kappa shape index (κ1) is 17.3. The van der Waals surface area contributed by atoms with Gasteiger partial charge in [0.2, 0.25) is 0 Å². The Labute approximate surface area is 135 Å². The fraction of sp³-hybridized carbons (Fsp3) is 0.700. The molecule has 0 aliphatic heterocycles. The first-order chi connectivity index (χ1) is 10.4. The fourth-order valence-corrected chi connectivity index (χ4v) is 3.78. The smallest absolute Gasteiger partial charge is 0.118 e. The van der Waals surface area contributed by atoms with Gasteiger partial charge in [-0.1, -0.05) is 52.2 Å². The van der Waals surface area contributed by atoms with Gasteiger partial charge in [-0.25, -0.2) is 0 Å². The van der Waals surface area contributed by atoms with Gasteiger partial charge in [0, 0.05) is 0 Å². The van der Waals surface area contributed by atoms with Crippen molar-refractivity contribution in [3.8, 4) is 5.75 Å². The molecule has 1 saturated carbocycles. The number of aliphatic hydroxyl groups excluding tert-OH is 1. The maximum Gasteiger partial charge on any atom is 0.118 e. The third kappa shape index (κ3) is 4.49. The van der Waals surface area contributed by atoms with E-state index in [1.54, 1.807) is 7.11 Å². The summed E-state index contributed by atoms with van der Waals surface area (Å²) in [6.45, 7) is 6.82. The third-order valence-corrected chi connectivity index (χ3v) is 5.23. The average Bonchev–Trinajstić information content (AvgIpc) is 2.52. The van der Waals surface area contributed by atoms with E-state index in [-0.39, 0.29) is 11.5 Å². The number of hydrogen-bond donors (Lipinski definition) is 1. The van der Waals surface area contributed by atoms with Crippen LogP contribution >= 0.6 is 0 Å². The summed E-state index contributed by atoms with van der Waals surface area (Å²) in [6, 6.07) is 8.37. The van der Waals surface area contributed by atoms with Gasteiger partial charge in [-0.05, 0) is 54.2 Å². The average molecular weight is 304 g/mol. The van der Waals surface area contributed by atoms with Crippen LogP contribution in [0.2, 0.25) is 0 Å². The van der Waals surface area contributed by atoms with Crippen LogP contribution in [0.25, 0.3) is 0 Å². The first-order valence-electron chi connectivity index (χ1n) is 8.74. The van der Waals surface area contributed by atoms with E-state index in [1.165, 1.54) is 37.7 Å². The Morgan fingerprint density at radius 2 is 1.68 bits per heavy atom. The van der Waals surface area contributed by atoms with E-state index in [9.17, 15) is 5.11 Å². The number of benzene rings is 1. The van der Waals surface area contributed by atoms with Gasteiger partial charge < -0.3 is 9.84 Å². The van der Waals surface area contributed by atoms with E-state index in [0.717, 1.165) is 12.2 Å². The highest BCUT2D eigenvalue weighted by atomic mass is 16.5. The van der Waals surface area contributed by atoms with Crippen LogP contribution in [0.1, 0.15) is 70.8 Å². The zero-order valence-corrected chi connectivity index (χ0v) is 14.6. The summed E-state index contributed by atoms with van der Waals surface area (Å²) < 4.78 is 5.26. The molecule has 0 heterocycles. The van der Waals surface area contributed by atoms with Crippen molar-refractivity contribution >= 4 is 0 Å². The highest BCUT2D eigenvalue weighted by Crippen LogP contribution is 2.41. The van der Waals surface area contributed by atoms with Gasteiger partial charge >= 0.3 is 0 Å². The SMILES string of the molecule is COc1ccc([C@@H](C[C@@H](O)C2CCCCC2)C(C)(C)C)cc1. The minimum atomic E-state index is -0.174. The molecule has 0 bridgehead atoms. The summed E-state index contributed by atoms with van der Waals surface area (Å²) >= 11 is 0. The van der Waals surface area contributed by atoms with Crippen LogP contribution in [0.5, 0.6) is 5.75 Å². The first-order valence-corrected chi connectivity index (χ1v) is 8.74. The van der Waals surface area contributed by atoms with Gasteiger partial charge in [0.15, 0.2) is 0 Å². The molecule has 124 valence electrons. The lowest BCUT2D eigenvalue weighted by Gasteiger charge is -2.36. The van der Waals surface area contributed by atoms with Crippen LogP contribution in [0.15, 0.2) is 24.3 Å². The predicted octanol–water partition coefficient (Wildman–Crippen LogP) is 5.16. The van der Waals surface area contributed by atoms with Crippen LogP contribution in [-0.4, -0.2) is 18.3 Å². The summed E-state index contributed by atoms with van der Waals surface area (Å²) in [4.78, 5) is 0. The summed E-state index contributed by atoms with van der Waals surface area (Å²) in [5, 5.41) is 10.7. The van der Waals surface area contributed by atoms with Gasteiger partial charge in [0.25, 0.3) is 0 Å². The molecule has 22 heavy (non-hydrogen) atoms. The van der Waals surface area contributed by atoms with Gasteiger partial charge in [-0.2, -0.15) is 0 Å². The molecule has 0 spiro atoms. The highest BCUT2D eigenvalue weighted by molar-refractivity contribution is 5.30. The topological polar surface area (TPSA) is 29.5 Å². The number of aliphatic hydroxyl groups is 1. The zero-order chi connectivity index (χ0) is 16.2. The van der Waals surface area contributed by atoms with Crippen molar-refractivity contribution in [2.24, 2.45) is 11.3 Å². The van der Waals surface area contributed by atoms with E-state index >= 15 is 0 Å². The number of hydrogen-bond acceptors (Lipinski definition) is 2. The lowest BCUT2D eigenvalue weighted by Crippen LogP contribution is -2.29. The molecule has 0 radical (unpaired) electrons. The van der Waals surface area contributed by atoms with Crippen LogP contribution < -0.4 is 4.74 Å². The molecule has 1 aliphatic carbocycles. The Hall–Kier alpha value is -1.02. The maximum absolute atomic E-state index is 10.7. The summed E-state index contributed by atoms with van der Waals surface area (Å²) in [5.74, 6) is 1.76. The molecule has 2 rings (SSSR count). The molecular formula is C20H32O2. The predicted molar refractivity (Wildman–Crippen MR) is 92.4 cm³/mol. The number of methoxy groups -OCH3 is 1. The van der Waals surface area contributed by atoms with E-state index in [2.05, 4.69) is 32.9 Å². The molecule has 0 unspecified atom stereocenters. The number of ether oxygens (including phenoxy) is 1. The van der Waals surface area contributed by atoms with Crippen LogP contribution in [-0.2, 0) is 0 Å². The lowest BCUT2D eigenvalue weighted by atomic mass is 9.71. The molecular weight excluding hydrogens is 272 g/mol. The van der Waals surface area contributed by atoms with E-state index in [4.69, 9.17) is 4.74 Å². The summed E-state index contributed by atoms with van der Waals surface area (Å²) in [5.41, 5.74) is 1.45. The van der Waals surface area contributed by atoms with Gasteiger partial charge in [0.05, 0.1) is 13.2 Å². The van der Waals surface area contributed by atoms with Crippen LogP contribution in [0.4, 0.5) is 0 Å². The maximum atomic E-state index is 10.7. The minimum absolute atomic E-state index is 0.143. The Balaban J connectivity index is 2.11. The largest absolute Gasteiger partial charge is 0.497 e. The standard InChI is InChI=1S/C20H32O2/c1-20(2,3)18(15-10-12-17(22-4)13-11-15)14-19(21)16-8-6-5-7-9-16/h10-13,16,18-19,21H,5-9,14H2,1-4H3/t18-,19-/m1/s1. The van der Waals surface area contributed by atoms with Gasteiger partial charge in [-0.15, -0.1) is 0 Å². The fourth-order valence-electron chi connectivity index (χ4n) is 3.78. The van der Waals surface area contributed by atoms with E-state index in [0.29, 0.717) is 11.8 Å². The van der Waals surface area contributed by atoms with Crippen molar-refractivity contribution < 1.29 is 9.84 Å². The Bertz CT molecular complexity index is 438. The van der Waals surface area contributed by atoms with Crippen molar-refractivity contribution in [2.45, 2.75) is 71.3 Å². The van der Waals surface area contributed by atoms with E-state index < -0.39 is 0 Å². The van der Waals surface area contributed by atoms with Gasteiger partial charge in [-0.3, -0.25) is 0 Å². The highest BCUT2D eigenvalue weighted by Gasteiger charge is 2.31. The second-order valence-electron chi connectivity index (χ2n) is 7.89. The zero-order valence-electron chi connectivity index (χ0n) is 14.6. The molecule has 1 fully saturated rings. The molecule has 2 nitrogen and oxygen atoms in total. The summed E-state index contributed by atoms with van der Waals surface area (Å²) in [6.07, 6.45) is 6.98. The van der Waals surface area contributed by atoms with Gasteiger partial charge in [0.1, 0.15) is 5.75 Å². The second-order valence-corrected chi connectivity index (χ2v) is 7.89. The van der Waals surface area contributed by atoms with Crippen molar-refractivity contribution in [2.75, 3.05) is 7.11 Å². The molecule has 1 N–H and O–H groups in total. The molecule has 2 atom stereocenters. The van der Waals surface area contributed by atoms with Crippen molar-refractivity contribution in [1.82, 2.24) is 0 Å². The minimum Gasteiger partial charge on any atom is -0.497 e. The molecule has 1 aliphatic rings. The molecule has 0 aromatic heterocycles. The van der Waals surface area contributed by atoms with Crippen molar-refractivity contribution in [3.05, 3.63) is 29.8 Å². The monoisotopic (exact) mass is 304 g/mol. The molecule has 1 aromatic carbocycles. The van der Waals surface area contributed by atoms with Crippen molar-refractivity contribution in [1.29, 1.82) is 0 Å². The summed E-state index contributed by atoms with van der Waals surface area (Å²) in [7, 11) is 1.70. The molecule has 0 amide bonds. The quantitative estimate of drug-likeness (QED) is 0.814. The molecule has 0 saturated heterocycles. The molecule has 1 aromatic rings. The third-order valence-electron chi connectivity index (χ3n) is 5.23. The van der Waals surface area contributed by atoms with Crippen LogP contribution in [0, 0.1) is 11.3 Å². The Morgan fingerprint density at radius 3 is 2.18 bits per heavy atom. The molecule has 2 heteroatoms. The lowest BCUT2D eigenvalue weighted by molar-refractivity contribution is 0.0579. The second kappa shape index (κ2) is 7.50. The Kier molecular flexibility index (Phi) is 5.91. The normalized spacial score (nSPS) is 19.7. The Morgan fingerprint density at radius 1 is 1.09 bits per heavy atom. The number of rotatable bonds is 5. The van der Waals surface area contributed by atoms with Crippen molar-refractivity contribution in [3.63, 3.8) is 0 Å².